The molecule has 0 atom stereocenters. The molecule has 0 saturated carbocycles. The van der Waals surface area contributed by atoms with E-state index in [-0.39, 0.29) is 5.75 Å². The molecule has 0 radical (unpaired) electrons. The van der Waals surface area contributed by atoms with Crippen LogP contribution in [-0.4, -0.2) is 5.11 Å². The molecule has 3 rings (SSSR count). The second-order valence-corrected chi connectivity index (χ2v) is 6.74. The van der Waals surface area contributed by atoms with Crippen LogP contribution in [0, 0.1) is 5.82 Å². The topological polar surface area (TPSA) is 32.3 Å². The lowest BCUT2D eigenvalue weighted by Gasteiger charge is -2.12. The zero-order valence-electron chi connectivity index (χ0n) is 12.7. The van der Waals surface area contributed by atoms with E-state index in [4.69, 9.17) is 11.6 Å². The van der Waals surface area contributed by atoms with Crippen molar-refractivity contribution >= 4 is 29.1 Å². The van der Waals surface area contributed by atoms with Crippen molar-refractivity contribution in [2.45, 2.75) is 16.3 Å². The summed E-state index contributed by atoms with van der Waals surface area (Å²) in [6.07, 6.45) is 0. The summed E-state index contributed by atoms with van der Waals surface area (Å²) < 4.78 is 13.4. The molecule has 0 amide bonds. The molecule has 24 heavy (non-hydrogen) atoms. The zero-order valence-corrected chi connectivity index (χ0v) is 14.2. The van der Waals surface area contributed by atoms with Gasteiger partial charge in [0.05, 0.1) is 0 Å². The molecular formula is C19H15ClFNOS. The van der Waals surface area contributed by atoms with Gasteiger partial charge in [-0.2, -0.15) is 0 Å². The summed E-state index contributed by atoms with van der Waals surface area (Å²) in [7, 11) is 0. The summed E-state index contributed by atoms with van der Waals surface area (Å²) in [6, 6.07) is 20.0. The summed E-state index contributed by atoms with van der Waals surface area (Å²) in [5.41, 5.74) is 1.71. The van der Waals surface area contributed by atoms with Gasteiger partial charge < -0.3 is 10.4 Å². The van der Waals surface area contributed by atoms with E-state index in [1.54, 1.807) is 17.8 Å². The number of hydrogen-bond donors (Lipinski definition) is 2. The average Bonchev–Trinajstić information content (AvgIpc) is 2.57. The Morgan fingerprint density at radius 1 is 1.00 bits per heavy atom. The molecule has 5 heteroatoms. The molecular weight excluding hydrogens is 345 g/mol. The first kappa shape index (κ1) is 16.7. The van der Waals surface area contributed by atoms with E-state index >= 15 is 0 Å². The van der Waals surface area contributed by atoms with E-state index in [0.717, 1.165) is 15.4 Å². The molecule has 122 valence electrons. The van der Waals surface area contributed by atoms with Crippen molar-refractivity contribution in [2.24, 2.45) is 0 Å². The van der Waals surface area contributed by atoms with Crippen LogP contribution in [0.3, 0.4) is 0 Å². The number of phenolic OH excluding ortho intramolecular Hbond substituents is 1. The van der Waals surface area contributed by atoms with Crippen molar-refractivity contribution in [1.82, 2.24) is 0 Å². The van der Waals surface area contributed by atoms with Gasteiger partial charge in [-0.05, 0) is 42.0 Å². The van der Waals surface area contributed by atoms with E-state index < -0.39 is 5.82 Å². The van der Waals surface area contributed by atoms with Crippen molar-refractivity contribution in [3.63, 3.8) is 0 Å². The number of aromatic hydroxyl groups is 1. The highest BCUT2D eigenvalue weighted by atomic mass is 35.5. The molecule has 3 aromatic carbocycles. The Morgan fingerprint density at radius 3 is 2.62 bits per heavy atom. The van der Waals surface area contributed by atoms with Crippen molar-refractivity contribution in [2.75, 3.05) is 5.32 Å². The number of phenols is 1. The number of nitrogens with one attached hydrogen (secondary N) is 1. The standard InChI is InChI=1S/C19H15ClFNOS/c20-14-5-3-6-16(10-14)24-19-7-2-1-4-13(19)12-22-15-8-9-18(23)17(21)11-15/h1-11,22-23H,12H2. The second kappa shape index (κ2) is 7.60. The van der Waals surface area contributed by atoms with Crippen LogP contribution in [0.25, 0.3) is 0 Å². The van der Waals surface area contributed by atoms with Crippen LogP contribution in [0.2, 0.25) is 5.02 Å². The molecule has 0 aromatic heterocycles. The highest BCUT2D eigenvalue weighted by molar-refractivity contribution is 7.99. The predicted molar refractivity (Wildman–Crippen MR) is 97.4 cm³/mol. The summed E-state index contributed by atoms with van der Waals surface area (Å²) in [6.45, 7) is 0.550. The second-order valence-electron chi connectivity index (χ2n) is 5.19. The monoisotopic (exact) mass is 359 g/mol. The third-order valence-electron chi connectivity index (χ3n) is 3.43. The Hall–Kier alpha value is -2.17. The largest absolute Gasteiger partial charge is 0.505 e. The summed E-state index contributed by atoms with van der Waals surface area (Å²) >= 11 is 7.67. The zero-order chi connectivity index (χ0) is 16.9. The summed E-state index contributed by atoms with van der Waals surface area (Å²) in [5, 5.41) is 13.1. The first-order valence-corrected chi connectivity index (χ1v) is 8.55. The maximum absolute atomic E-state index is 13.4. The molecule has 0 heterocycles. The van der Waals surface area contributed by atoms with Crippen LogP contribution in [0.15, 0.2) is 76.5 Å². The molecule has 3 aromatic rings. The third-order valence-corrected chi connectivity index (χ3v) is 4.77. The van der Waals surface area contributed by atoms with E-state index in [0.29, 0.717) is 17.3 Å². The van der Waals surface area contributed by atoms with Crippen LogP contribution < -0.4 is 5.32 Å². The van der Waals surface area contributed by atoms with Crippen LogP contribution >= 0.6 is 23.4 Å². The van der Waals surface area contributed by atoms with Crippen LogP contribution in [-0.2, 0) is 6.54 Å². The molecule has 0 spiro atoms. The van der Waals surface area contributed by atoms with Crippen LogP contribution in [0.1, 0.15) is 5.56 Å². The lowest BCUT2D eigenvalue weighted by atomic mass is 10.2. The molecule has 0 saturated heterocycles. The number of rotatable bonds is 5. The Labute approximate surface area is 149 Å². The van der Waals surface area contributed by atoms with Crippen molar-refractivity contribution in [1.29, 1.82) is 0 Å². The fraction of sp³-hybridized carbons (Fsp3) is 0.0526. The first-order valence-electron chi connectivity index (χ1n) is 7.35. The van der Waals surface area contributed by atoms with Gasteiger partial charge in [-0.15, -0.1) is 0 Å². The highest BCUT2D eigenvalue weighted by Crippen LogP contribution is 2.32. The molecule has 0 bridgehead atoms. The number of hydrogen-bond acceptors (Lipinski definition) is 3. The Morgan fingerprint density at radius 2 is 1.83 bits per heavy atom. The van der Waals surface area contributed by atoms with Crippen LogP contribution in [0.4, 0.5) is 10.1 Å². The van der Waals surface area contributed by atoms with Gasteiger partial charge in [0.25, 0.3) is 0 Å². The highest BCUT2D eigenvalue weighted by Gasteiger charge is 2.06. The number of halogens is 2. The lowest BCUT2D eigenvalue weighted by Crippen LogP contribution is -2.01. The van der Waals surface area contributed by atoms with E-state index in [1.807, 2.05) is 48.5 Å². The minimum Gasteiger partial charge on any atom is -0.505 e. The van der Waals surface area contributed by atoms with Crippen LogP contribution in [0.5, 0.6) is 5.75 Å². The molecule has 0 fully saturated rings. The summed E-state index contributed by atoms with van der Waals surface area (Å²) in [4.78, 5) is 2.16. The molecule has 2 N–H and O–H groups in total. The maximum Gasteiger partial charge on any atom is 0.166 e. The molecule has 0 unspecified atom stereocenters. The lowest BCUT2D eigenvalue weighted by molar-refractivity contribution is 0.432. The maximum atomic E-state index is 13.4. The third kappa shape index (κ3) is 4.22. The summed E-state index contributed by atoms with van der Waals surface area (Å²) in [5.74, 6) is -0.987. The fourth-order valence-electron chi connectivity index (χ4n) is 2.22. The van der Waals surface area contributed by atoms with Gasteiger partial charge in [0, 0.05) is 33.1 Å². The Kier molecular flexibility index (Phi) is 5.28. The average molecular weight is 360 g/mol. The Bertz CT molecular complexity index is 856. The molecule has 0 aliphatic heterocycles. The smallest absolute Gasteiger partial charge is 0.166 e. The van der Waals surface area contributed by atoms with Gasteiger partial charge in [-0.3, -0.25) is 0 Å². The Balaban J connectivity index is 1.75. The van der Waals surface area contributed by atoms with Crippen molar-refractivity contribution in [3.8, 4) is 5.75 Å². The van der Waals surface area contributed by atoms with E-state index in [9.17, 15) is 9.50 Å². The number of benzene rings is 3. The van der Waals surface area contributed by atoms with Gasteiger partial charge in [-0.1, -0.05) is 47.6 Å². The van der Waals surface area contributed by atoms with Crippen molar-refractivity contribution in [3.05, 3.63) is 83.1 Å². The normalized spacial score (nSPS) is 10.6. The van der Waals surface area contributed by atoms with Gasteiger partial charge in [-0.25, -0.2) is 4.39 Å². The molecule has 2 nitrogen and oxygen atoms in total. The predicted octanol–water partition coefficient (Wildman–Crippen LogP) is 5.95. The van der Waals surface area contributed by atoms with E-state index in [1.165, 1.54) is 12.1 Å². The van der Waals surface area contributed by atoms with Gasteiger partial charge in [0.1, 0.15) is 0 Å². The fourth-order valence-corrected chi connectivity index (χ4v) is 3.48. The molecule has 0 aliphatic carbocycles. The van der Waals surface area contributed by atoms with Gasteiger partial charge in [0.15, 0.2) is 11.6 Å². The van der Waals surface area contributed by atoms with E-state index in [2.05, 4.69) is 5.32 Å². The first-order chi connectivity index (χ1) is 11.6. The minimum atomic E-state index is -0.637. The molecule has 0 aliphatic rings. The number of anilines is 1. The van der Waals surface area contributed by atoms with Gasteiger partial charge in [0.2, 0.25) is 0 Å². The SMILES string of the molecule is Oc1ccc(NCc2ccccc2Sc2cccc(Cl)c2)cc1F. The van der Waals surface area contributed by atoms with Crippen molar-refractivity contribution < 1.29 is 9.50 Å². The minimum absolute atomic E-state index is 0.350. The van der Waals surface area contributed by atoms with Gasteiger partial charge >= 0.3 is 0 Å². The quantitative estimate of drug-likeness (QED) is 0.552.